The average Bonchev–Trinajstić information content (AvgIpc) is 3.21. The number of benzene rings is 1. The van der Waals surface area contributed by atoms with Gasteiger partial charge in [0.15, 0.2) is 0 Å². The summed E-state index contributed by atoms with van der Waals surface area (Å²) in [5, 5.41) is 11.2. The summed E-state index contributed by atoms with van der Waals surface area (Å²) in [7, 11) is 0. The molecule has 0 atom stereocenters. The Morgan fingerprint density at radius 1 is 1.17 bits per heavy atom. The zero-order valence-electron chi connectivity index (χ0n) is 16.7. The number of aromatic amines is 1. The van der Waals surface area contributed by atoms with Gasteiger partial charge >= 0.3 is 0 Å². The number of rotatable bonds is 5. The Balaban J connectivity index is 1.68. The van der Waals surface area contributed by atoms with Crippen molar-refractivity contribution < 1.29 is 9.13 Å². The first-order valence-corrected chi connectivity index (χ1v) is 9.78. The van der Waals surface area contributed by atoms with Gasteiger partial charge in [-0.3, -0.25) is 4.90 Å². The van der Waals surface area contributed by atoms with Crippen LogP contribution in [0.25, 0.3) is 22.4 Å². The van der Waals surface area contributed by atoms with Gasteiger partial charge in [-0.1, -0.05) is 19.9 Å². The van der Waals surface area contributed by atoms with Crippen LogP contribution in [-0.2, 0) is 11.3 Å². The lowest BCUT2D eigenvalue weighted by molar-refractivity contribution is 0.0337. The van der Waals surface area contributed by atoms with Crippen molar-refractivity contribution in [3.63, 3.8) is 0 Å². The minimum atomic E-state index is -0.206. The molecule has 1 aliphatic heterocycles. The fourth-order valence-electron chi connectivity index (χ4n) is 3.54. The van der Waals surface area contributed by atoms with Crippen LogP contribution in [0.3, 0.4) is 0 Å². The zero-order chi connectivity index (χ0) is 20.4. The van der Waals surface area contributed by atoms with Crippen LogP contribution >= 0.6 is 0 Å². The van der Waals surface area contributed by atoms with Gasteiger partial charge in [0.25, 0.3) is 0 Å². The molecule has 1 fully saturated rings. The van der Waals surface area contributed by atoms with Gasteiger partial charge in [0.2, 0.25) is 0 Å². The predicted octanol–water partition coefficient (Wildman–Crippen LogP) is 3.21. The van der Waals surface area contributed by atoms with Crippen LogP contribution < -0.4 is 5.73 Å². The van der Waals surface area contributed by atoms with Crippen LogP contribution in [0.4, 0.5) is 10.2 Å². The Kier molecular flexibility index (Phi) is 5.55. The summed E-state index contributed by atoms with van der Waals surface area (Å²) in [5.74, 6) is 0.375. The van der Waals surface area contributed by atoms with E-state index in [2.05, 4.69) is 25.3 Å². The van der Waals surface area contributed by atoms with Crippen LogP contribution in [0, 0.1) is 5.82 Å². The van der Waals surface area contributed by atoms with Gasteiger partial charge in [-0.2, -0.15) is 15.4 Å². The molecule has 3 heterocycles. The fourth-order valence-corrected chi connectivity index (χ4v) is 3.54. The molecule has 0 aliphatic carbocycles. The molecular weight excluding hydrogens is 371 g/mol. The van der Waals surface area contributed by atoms with Crippen molar-refractivity contribution in [2.24, 2.45) is 0 Å². The maximum absolute atomic E-state index is 14.4. The number of pyridine rings is 1. The van der Waals surface area contributed by atoms with Crippen LogP contribution in [0.1, 0.15) is 31.0 Å². The molecule has 1 saturated heterocycles. The number of H-pyrrole nitrogens is 1. The Morgan fingerprint density at radius 2 is 1.97 bits per heavy atom. The molecule has 29 heavy (non-hydrogen) atoms. The smallest absolute Gasteiger partial charge is 0.132 e. The number of morpholine rings is 1. The standard InChI is InChI=1S/C21H25FN6O/c1-13(2)19-20(26-27-25-19)17-10-15(11-24-21(17)23)14-3-4-18(22)16(9-14)12-28-5-7-29-8-6-28/h3-4,9-11,13H,5-8,12H2,1-2H3,(H2,23,24)(H,25,26,27). The molecule has 3 N–H and O–H groups in total. The quantitative estimate of drug-likeness (QED) is 0.688. The summed E-state index contributed by atoms with van der Waals surface area (Å²) in [6, 6.07) is 7.10. The molecular formula is C21H25FN6O. The highest BCUT2D eigenvalue weighted by Gasteiger charge is 2.18. The highest BCUT2D eigenvalue weighted by molar-refractivity contribution is 5.78. The van der Waals surface area contributed by atoms with Crippen LogP contribution in [0.2, 0.25) is 0 Å². The van der Waals surface area contributed by atoms with Crippen LogP contribution in [0.15, 0.2) is 30.5 Å². The molecule has 4 rings (SSSR count). The second-order valence-electron chi connectivity index (χ2n) is 7.56. The molecule has 7 nitrogen and oxygen atoms in total. The van der Waals surface area contributed by atoms with E-state index in [1.54, 1.807) is 12.3 Å². The van der Waals surface area contributed by atoms with Gasteiger partial charge in [0.05, 0.1) is 18.9 Å². The first-order valence-electron chi connectivity index (χ1n) is 9.78. The van der Waals surface area contributed by atoms with E-state index in [4.69, 9.17) is 10.5 Å². The van der Waals surface area contributed by atoms with Gasteiger partial charge in [-0.15, -0.1) is 0 Å². The van der Waals surface area contributed by atoms with Crippen molar-refractivity contribution >= 4 is 5.82 Å². The third-order valence-electron chi connectivity index (χ3n) is 5.17. The Bertz CT molecular complexity index is 997. The molecule has 8 heteroatoms. The highest BCUT2D eigenvalue weighted by atomic mass is 19.1. The summed E-state index contributed by atoms with van der Waals surface area (Å²) in [6.45, 7) is 7.63. The average molecular weight is 396 g/mol. The zero-order valence-corrected chi connectivity index (χ0v) is 16.7. The van der Waals surface area contributed by atoms with Crippen molar-refractivity contribution in [2.45, 2.75) is 26.3 Å². The van der Waals surface area contributed by atoms with E-state index in [1.165, 1.54) is 6.07 Å². The Hall–Kier alpha value is -2.84. The van der Waals surface area contributed by atoms with Gasteiger partial charge in [0.1, 0.15) is 17.3 Å². The van der Waals surface area contributed by atoms with Gasteiger partial charge in [0, 0.05) is 42.5 Å². The largest absolute Gasteiger partial charge is 0.383 e. The summed E-state index contributed by atoms with van der Waals surface area (Å²) in [4.78, 5) is 6.55. The molecule has 0 amide bonds. The van der Waals surface area contributed by atoms with E-state index in [1.807, 2.05) is 26.0 Å². The molecule has 3 aromatic rings. The molecule has 2 aromatic heterocycles. The third kappa shape index (κ3) is 4.13. The first-order chi connectivity index (χ1) is 14.0. The number of nitrogens with one attached hydrogen (secondary N) is 1. The molecule has 0 bridgehead atoms. The van der Waals surface area contributed by atoms with E-state index in [-0.39, 0.29) is 11.7 Å². The van der Waals surface area contributed by atoms with Crippen molar-refractivity contribution in [3.05, 3.63) is 47.5 Å². The minimum Gasteiger partial charge on any atom is -0.383 e. The molecule has 0 saturated carbocycles. The highest BCUT2D eigenvalue weighted by Crippen LogP contribution is 2.32. The van der Waals surface area contributed by atoms with Gasteiger partial charge in [-0.25, -0.2) is 9.37 Å². The molecule has 0 spiro atoms. The maximum Gasteiger partial charge on any atom is 0.132 e. The van der Waals surface area contributed by atoms with Gasteiger partial charge < -0.3 is 10.5 Å². The lowest BCUT2D eigenvalue weighted by Gasteiger charge is -2.26. The molecule has 1 aliphatic rings. The number of hydrogen-bond acceptors (Lipinski definition) is 6. The first kappa shape index (κ1) is 19.5. The van der Waals surface area contributed by atoms with Crippen molar-refractivity contribution in [2.75, 3.05) is 32.0 Å². The SMILES string of the molecule is CC(C)c1n[nH]nc1-c1cc(-c2ccc(F)c(CN3CCOCC3)c2)cnc1N. The molecule has 152 valence electrons. The maximum atomic E-state index is 14.4. The molecule has 0 radical (unpaired) electrons. The summed E-state index contributed by atoms with van der Waals surface area (Å²) in [5.41, 5.74) is 10.8. The van der Waals surface area contributed by atoms with E-state index in [0.717, 1.165) is 35.5 Å². The summed E-state index contributed by atoms with van der Waals surface area (Å²) in [6.07, 6.45) is 1.71. The number of nitrogens with zero attached hydrogens (tertiary/aromatic N) is 4. The monoisotopic (exact) mass is 396 g/mol. The molecule has 0 unspecified atom stereocenters. The lowest BCUT2D eigenvalue weighted by Crippen LogP contribution is -2.35. The molecule has 1 aromatic carbocycles. The normalized spacial score (nSPS) is 15.2. The van der Waals surface area contributed by atoms with Crippen molar-refractivity contribution in [1.29, 1.82) is 0 Å². The van der Waals surface area contributed by atoms with E-state index < -0.39 is 0 Å². The minimum absolute atomic E-state index is 0.192. The number of halogens is 1. The number of ether oxygens (including phenoxy) is 1. The lowest BCUT2D eigenvalue weighted by atomic mass is 9.99. The predicted molar refractivity (Wildman–Crippen MR) is 110 cm³/mol. The Morgan fingerprint density at radius 3 is 2.72 bits per heavy atom. The Labute approximate surface area is 169 Å². The van der Waals surface area contributed by atoms with Crippen molar-refractivity contribution in [1.82, 2.24) is 25.3 Å². The topological polar surface area (TPSA) is 93.0 Å². The summed E-state index contributed by atoms with van der Waals surface area (Å²) < 4.78 is 19.8. The van der Waals surface area contributed by atoms with E-state index in [0.29, 0.717) is 36.8 Å². The number of nitrogens with two attached hydrogens (primary N) is 1. The second-order valence-corrected chi connectivity index (χ2v) is 7.56. The van der Waals surface area contributed by atoms with Gasteiger partial charge in [-0.05, 0) is 29.7 Å². The van der Waals surface area contributed by atoms with E-state index in [9.17, 15) is 4.39 Å². The van der Waals surface area contributed by atoms with Crippen molar-refractivity contribution in [3.8, 4) is 22.4 Å². The summed E-state index contributed by atoms with van der Waals surface area (Å²) >= 11 is 0. The van der Waals surface area contributed by atoms with E-state index >= 15 is 0 Å². The van der Waals surface area contributed by atoms with Crippen LogP contribution in [-0.4, -0.2) is 51.6 Å². The number of nitrogen functional groups attached to an aromatic ring is 1. The number of aromatic nitrogens is 4. The third-order valence-corrected chi connectivity index (χ3v) is 5.17. The number of anilines is 1. The fraction of sp³-hybridized carbons (Fsp3) is 0.381. The number of hydrogen-bond donors (Lipinski definition) is 2. The second kappa shape index (κ2) is 8.26. The van der Waals surface area contributed by atoms with Crippen LogP contribution in [0.5, 0.6) is 0 Å².